The average Bonchev–Trinajstić information content (AvgIpc) is 2.53. The van der Waals surface area contributed by atoms with E-state index in [0.29, 0.717) is 19.6 Å². The second-order valence-corrected chi connectivity index (χ2v) is 5.50. The summed E-state index contributed by atoms with van der Waals surface area (Å²) in [5.41, 5.74) is 1.33. The van der Waals surface area contributed by atoms with Crippen molar-refractivity contribution in [3.05, 3.63) is 35.9 Å². The molecule has 0 spiro atoms. The van der Waals surface area contributed by atoms with Crippen molar-refractivity contribution < 1.29 is 14.3 Å². The SMILES string of the molecule is CO[C@@H]1CCOC[C@H]1NC(=O)CCCCc1ccccc1. The molecule has 0 aliphatic carbocycles. The van der Waals surface area contributed by atoms with Gasteiger partial charge in [0.15, 0.2) is 0 Å². The van der Waals surface area contributed by atoms with E-state index in [4.69, 9.17) is 9.47 Å². The van der Waals surface area contributed by atoms with Gasteiger partial charge in [0.1, 0.15) is 0 Å². The predicted octanol–water partition coefficient (Wildman–Crippen LogP) is 2.32. The topological polar surface area (TPSA) is 47.6 Å². The van der Waals surface area contributed by atoms with Crippen LogP contribution in [0.5, 0.6) is 0 Å². The highest BCUT2D eigenvalue weighted by molar-refractivity contribution is 5.76. The lowest BCUT2D eigenvalue weighted by Gasteiger charge is -2.31. The van der Waals surface area contributed by atoms with Crippen LogP contribution in [0.15, 0.2) is 30.3 Å². The van der Waals surface area contributed by atoms with Crippen LogP contribution in [0, 0.1) is 0 Å². The number of nitrogens with one attached hydrogen (secondary N) is 1. The fourth-order valence-corrected chi connectivity index (χ4v) is 2.67. The summed E-state index contributed by atoms with van der Waals surface area (Å²) in [7, 11) is 1.69. The van der Waals surface area contributed by atoms with Crippen LogP contribution >= 0.6 is 0 Å². The zero-order valence-corrected chi connectivity index (χ0v) is 12.7. The van der Waals surface area contributed by atoms with Crippen LogP contribution in [0.2, 0.25) is 0 Å². The Balaban J connectivity index is 1.63. The van der Waals surface area contributed by atoms with Gasteiger partial charge in [-0.3, -0.25) is 4.79 Å². The molecule has 4 nitrogen and oxygen atoms in total. The van der Waals surface area contributed by atoms with Gasteiger partial charge in [0, 0.05) is 20.1 Å². The highest BCUT2D eigenvalue weighted by Gasteiger charge is 2.26. The number of unbranched alkanes of at least 4 members (excludes halogenated alkanes) is 1. The first-order chi connectivity index (χ1) is 10.3. The molecule has 1 saturated heterocycles. The number of rotatable bonds is 7. The molecular formula is C17H25NO3. The van der Waals surface area contributed by atoms with Crippen molar-refractivity contribution in [3.8, 4) is 0 Å². The first-order valence-electron chi connectivity index (χ1n) is 7.73. The van der Waals surface area contributed by atoms with E-state index in [1.165, 1.54) is 5.56 Å². The summed E-state index contributed by atoms with van der Waals surface area (Å²) >= 11 is 0. The maximum absolute atomic E-state index is 12.0. The standard InChI is InChI=1S/C17H25NO3/c1-20-16-11-12-21-13-15(16)18-17(19)10-6-5-9-14-7-3-2-4-8-14/h2-4,7-8,15-16H,5-6,9-13H2,1H3,(H,18,19)/t15-,16-/m1/s1. The summed E-state index contributed by atoms with van der Waals surface area (Å²) in [6.07, 6.45) is 4.46. The van der Waals surface area contributed by atoms with Gasteiger partial charge < -0.3 is 14.8 Å². The first kappa shape index (κ1) is 16.0. The van der Waals surface area contributed by atoms with E-state index in [0.717, 1.165) is 25.7 Å². The zero-order valence-electron chi connectivity index (χ0n) is 12.7. The summed E-state index contributed by atoms with van der Waals surface area (Å²) in [6.45, 7) is 1.26. The normalized spacial score (nSPS) is 22.0. The van der Waals surface area contributed by atoms with Crippen molar-refractivity contribution in [2.45, 2.75) is 44.2 Å². The van der Waals surface area contributed by atoms with Crippen molar-refractivity contribution in [2.75, 3.05) is 20.3 Å². The van der Waals surface area contributed by atoms with E-state index in [1.807, 2.05) is 6.07 Å². The Morgan fingerprint density at radius 1 is 1.33 bits per heavy atom. The molecule has 2 rings (SSSR count). The van der Waals surface area contributed by atoms with Crippen molar-refractivity contribution in [1.29, 1.82) is 0 Å². The molecule has 0 radical (unpaired) electrons. The smallest absolute Gasteiger partial charge is 0.220 e. The first-order valence-corrected chi connectivity index (χ1v) is 7.73. The molecule has 21 heavy (non-hydrogen) atoms. The highest BCUT2D eigenvalue weighted by Crippen LogP contribution is 2.12. The molecule has 1 aromatic rings. The molecule has 116 valence electrons. The van der Waals surface area contributed by atoms with Gasteiger partial charge in [-0.15, -0.1) is 0 Å². The number of hydrogen-bond acceptors (Lipinski definition) is 3. The summed E-state index contributed by atoms with van der Waals surface area (Å²) < 4.78 is 10.8. The molecule has 1 fully saturated rings. The Hall–Kier alpha value is -1.39. The Kier molecular flexibility index (Phi) is 6.70. The number of carbonyl (C=O) groups excluding carboxylic acids is 1. The Morgan fingerprint density at radius 2 is 2.14 bits per heavy atom. The van der Waals surface area contributed by atoms with E-state index < -0.39 is 0 Å². The number of ether oxygens (including phenoxy) is 2. The van der Waals surface area contributed by atoms with Crippen molar-refractivity contribution in [1.82, 2.24) is 5.32 Å². The zero-order chi connectivity index (χ0) is 14.9. The summed E-state index contributed by atoms with van der Waals surface area (Å²) in [5, 5.41) is 3.03. The molecular weight excluding hydrogens is 266 g/mol. The van der Waals surface area contributed by atoms with Crippen molar-refractivity contribution in [3.63, 3.8) is 0 Å². The van der Waals surface area contributed by atoms with Gasteiger partial charge in [0.05, 0.1) is 18.8 Å². The predicted molar refractivity (Wildman–Crippen MR) is 82.2 cm³/mol. The lowest BCUT2D eigenvalue weighted by atomic mass is 10.1. The molecule has 2 atom stereocenters. The lowest BCUT2D eigenvalue weighted by molar-refractivity contribution is -0.125. The molecule has 0 bridgehead atoms. The molecule has 0 aromatic heterocycles. The number of hydrogen-bond donors (Lipinski definition) is 1. The average molecular weight is 291 g/mol. The third-order valence-electron chi connectivity index (χ3n) is 3.90. The van der Waals surface area contributed by atoms with Gasteiger partial charge in [-0.25, -0.2) is 0 Å². The van der Waals surface area contributed by atoms with Gasteiger partial charge in [0.25, 0.3) is 0 Å². The van der Waals surface area contributed by atoms with E-state index in [1.54, 1.807) is 7.11 Å². The molecule has 1 aliphatic heterocycles. The van der Waals surface area contributed by atoms with Gasteiger partial charge in [0.2, 0.25) is 5.91 Å². The number of aryl methyl sites for hydroxylation is 1. The molecule has 1 heterocycles. The lowest BCUT2D eigenvalue weighted by Crippen LogP contribution is -2.50. The second kappa shape index (κ2) is 8.80. The minimum atomic E-state index is -0.00891. The fourth-order valence-electron chi connectivity index (χ4n) is 2.67. The molecule has 1 aliphatic rings. The van der Waals surface area contributed by atoms with Crippen LogP contribution in [0.25, 0.3) is 0 Å². The molecule has 1 N–H and O–H groups in total. The van der Waals surface area contributed by atoms with E-state index in [-0.39, 0.29) is 18.1 Å². The second-order valence-electron chi connectivity index (χ2n) is 5.50. The highest BCUT2D eigenvalue weighted by atomic mass is 16.5. The molecule has 1 amide bonds. The molecule has 4 heteroatoms. The van der Waals surface area contributed by atoms with E-state index in [2.05, 4.69) is 29.6 Å². The number of benzene rings is 1. The third kappa shape index (κ3) is 5.48. The van der Waals surface area contributed by atoms with Crippen LogP contribution in [0.1, 0.15) is 31.2 Å². The largest absolute Gasteiger partial charge is 0.379 e. The van der Waals surface area contributed by atoms with Gasteiger partial charge in [-0.05, 0) is 31.2 Å². The number of carbonyl (C=O) groups is 1. The van der Waals surface area contributed by atoms with Crippen LogP contribution in [0.3, 0.4) is 0 Å². The van der Waals surface area contributed by atoms with Gasteiger partial charge in [-0.2, -0.15) is 0 Å². The molecule has 0 saturated carbocycles. The minimum absolute atomic E-state index is 0.00891. The van der Waals surface area contributed by atoms with Crippen molar-refractivity contribution >= 4 is 5.91 Å². The van der Waals surface area contributed by atoms with Crippen LogP contribution in [0.4, 0.5) is 0 Å². The fraction of sp³-hybridized carbons (Fsp3) is 0.588. The minimum Gasteiger partial charge on any atom is -0.379 e. The number of amides is 1. The Labute approximate surface area is 126 Å². The maximum atomic E-state index is 12.0. The third-order valence-corrected chi connectivity index (χ3v) is 3.90. The summed E-state index contributed by atoms with van der Waals surface area (Å²) in [4.78, 5) is 12.0. The van der Waals surface area contributed by atoms with Gasteiger partial charge >= 0.3 is 0 Å². The van der Waals surface area contributed by atoms with Crippen LogP contribution in [-0.2, 0) is 20.7 Å². The van der Waals surface area contributed by atoms with Gasteiger partial charge in [-0.1, -0.05) is 30.3 Å². The quantitative estimate of drug-likeness (QED) is 0.784. The maximum Gasteiger partial charge on any atom is 0.220 e. The summed E-state index contributed by atoms with van der Waals surface area (Å²) in [6, 6.07) is 10.4. The molecule has 0 unspecified atom stereocenters. The van der Waals surface area contributed by atoms with Crippen molar-refractivity contribution in [2.24, 2.45) is 0 Å². The Morgan fingerprint density at radius 3 is 2.90 bits per heavy atom. The van der Waals surface area contributed by atoms with Crippen LogP contribution in [-0.4, -0.2) is 38.4 Å². The van der Waals surface area contributed by atoms with Crippen LogP contribution < -0.4 is 5.32 Å². The molecule has 1 aromatic carbocycles. The van der Waals surface area contributed by atoms with E-state index in [9.17, 15) is 4.79 Å². The van der Waals surface area contributed by atoms with E-state index >= 15 is 0 Å². The summed E-state index contributed by atoms with van der Waals surface area (Å²) in [5.74, 6) is 0.0978. The Bertz CT molecular complexity index is 421. The monoisotopic (exact) mass is 291 g/mol. The number of methoxy groups -OCH3 is 1.